The van der Waals surface area contributed by atoms with Gasteiger partial charge in [0.15, 0.2) is 0 Å². The van der Waals surface area contributed by atoms with Crippen molar-refractivity contribution in [1.82, 2.24) is 4.90 Å². The Hall–Kier alpha value is 0.250. The number of alkyl halides is 1. The summed E-state index contributed by atoms with van der Waals surface area (Å²) in [7, 11) is 0. The first-order valence-electron chi connectivity index (χ1n) is 6.49. The third kappa shape index (κ3) is 2.68. The molecule has 1 aliphatic carbocycles. The molecule has 0 spiro atoms. The molecule has 0 aromatic carbocycles. The van der Waals surface area contributed by atoms with Crippen molar-refractivity contribution in [1.29, 1.82) is 0 Å². The van der Waals surface area contributed by atoms with E-state index >= 15 is 0 Å². The van der Waals surface area contributed by atoms with E-state index in [0.29, 0.717) is 16.8 Å². The third-order valence-corrected chi connectivity index (χ3v) is 5.00. The Balaban J connectivity index is 1.92. The number of likely N-dealkylation sites (tertiary alicyclic amines) is 1. The predicted molar refractivity (Wildman–Crippen MR) is 66.5 cm³/mol. The molecular weight excluding hydrogens is 206 g/mol. The molecule has 15 heavy (non-hydrogen) atoms. The molecule has 2 rings (SSSR count). The molecule has 88 valence electrons. The van der Waals surface area contributed by atoms with Crippen LogP contribution in [-0.4, -0.2) is 29.4 Å². The summed E-state index contributed by atoms with van der Waals surface area (Å²) in [5.74, 6) is 0. The maximum absolute atomic E-state index is 6.35. The van der Waals surface area contributed by atoms with Gasteiger partial charge in [0.05, 0.1) is 0 Å². The van der Waals surface area contributed by atoms with Gasteiger partial charge in [-0.1, -0.05) is 19.8 Å². The van der Waals surface area contributed by atoms with Gasteiger partial charge in [-0.25, -0.2) is 0 Å². The van der Waals surface area contributed by atoms with Crippen LogP contribution in [0, 0.1) is 5.41 Å². The zero-order chi connectivity index (χ0) is 10.9. The number of hydrogen-bond donors (Lipinski definition) is 0. The molecule has 2 heteroatoms. The van der Waals surface area contributed by atoms with Gasteiger partial charge < -0.3 is 0 Å². The summed E-state index contributed by atoms with van der Waals surface area (Å²) in [6.07, 6.45) is 8.20. The summed E-state index contributed by atoms with van der Waals surface area (Å²) in [4.78, 5) is 2.63. The van der Waals surface area contributed by atoms with E-state index in [1.165, 1.54) is 51.6 Å². The van der Waals surface area contributed by atoms with E-state index in [2.05, 4.69) is 18.7 Å². The standard InChI is InChI=1S/C13H24ClN/c1-11-12(14)6-5-9-15(11)10-13(2)7-3-4-8-13/h11-12H,3-10H2,1-2H3. The van der Waals surface area contributed by atoms with Crippen molar-refractivity contribution < 1.29 is 0 Å². The highest BCUT2D eigenvalue weighted by Crippen LogP contribution is 2.39. The summed E-state index contributed by atoms with van der Waals surface area (Å²) in [6, 6.07) is 0.581. The van der Waals surface area contributed by atoms with Gasteiger partial charge >= 0.3 is 0 Å². The second kappa shape index (κ2) is 4.63. The predicted octanol–water partition coefficient (Wildman–Crippen LogP) is 3.66. The van der Waals surface area contributed by atoms with Crippen LogP contribution in [0.25, 0.3) is 0 Å². The molecule has 1 aliphatic heterocycles. The lowest BCUT2D eigenvalue weighted by molar-refractivity contribution is 0.102. The molecule has 1 saturated carbocycles. The number of rotatable bonds is 2. The molecule has 1 saturated heterocycles. The molecule has 1 heterocycles. The minimum absolute atomic E-state index is 0.378. The number of hydrogen-bond acceptors (Lipinski definition) is 1. The number of piperidine rings is 1. The molecule has 2 unspecified atom stereocenters. The Morgan fingerprint density at radius 3 is 2.60 bits per heavy atom. The molecule has 0 bridgehead atoms. The monoisotopic (exact) mass is 229 g/mol. The van der Waals surface area contributed by atoms with Gasteiger partial charge in [0, 0.05) is 18.0 Å². The molecule has 2 fully saturated rings. The fraction of sp³-hybridized carbons (Fsp3) is 1.00. The minimum atomic E-state index is 0.378. The molecule has 1 nitrogen and oxygen atoms in total. The highest BCUT2D eigenvalue weighted by atomic mass is 35.5. The smallest absolute Gasteiger partial charge is 0.0489 e. The zero-order valence-electron chi connectivity index (χ0n) is 10.1. The fourth-order valence-electron chi connectivity index (χ4n) is 3.26. The molecule has 2 aliphatic rings. The number of nitrogens with zero attached hydrogens (tertiary/aromatic N) is 1. The van der Waals surface area contributed by atoms with Crippen LogP contribution in [0.5, 0.6) is 0 Å². The van der Waals surface area contributed by atoms with E-state index in [0.717, 1.165) is 0 Å². The first-order chi connectivity index (χ1) is 7.11. The van der Waals surface area contributed by atoms with Crippen molar-refractivity contribution in [3.63, 3.8) is 0 Å². The Kier molecular flexibility index (Phi) is 3.62. The van der Waals surface area contributed by atoms with E-state index in [1.54, 1.807) is 0 Å². The van der Waals surface area contributed by atoms with Gasteiger partial charge in [-0.2, -0.15) is 0 Å². The average molecular weight is 230 g/mol. The van der Waals surface area contributed by atoms with Crippen LogP contribution in [-0.2, 0) is 0 Å². The average Bonchev–Trinajstić information content (AvgIpc) is 2.60. The first kappa shape index (κ1) is 11.7. The summed E-state index contributed by atoms with van der Waals surface area (Å²) >= 11 is 6.35. The number of halogens is 1. The summed E-state index contributed by atoms with van der Waals surface area (Å²) in [5, 5.41) is 0.378. The maximum Gasteiger partial charge on any atom is 0.0489 e. The first-order valence-corrected chi connectivity index (χ1v) is 6.92. The maximum atomic E-state index is 6.35. The van der Waals surface area contributed by atoms with Gasteiger partial charge in [-0.3, -0.25) is 4.90 Å². The second-order valence-corrected chi connectivity index (χ2v) is 6.45. The van der Waals surface area contributed by atoms with E-state index in [-0.39, 0.29) is 0 Å². The van der Waals surface area contributed by atoms with Crippen LogP contribution >= 0.6 is 11.6 Å². The van der Waals surface area contributed by atoms with Crippen LogP contribution in [0.15, 0.2) is 0 Å². The van der Waals surface area contributed by atoms with E-state index in [9.17, 15) is 0 Å². The van der Waals surface area contributed by atoms with E-state index < -0.39 is 0 Å². The summed E-state index contributed by atoms with van der Waals surface area (Å²) in [6.45, 7) is 7.30. The molecule has 0 N–H and O–H groups in total. The van der Waals surface area contributed by atoms with Crippen molar-refractivity contribution in [3.8, 4) is 0 Å². The quantitative estimate of drug-likeness (QED) is 0.654. The molecule has 2 atom stereocenters. The van der Waals surface area contributed by atoms with Gasteiger partial charge in [0.25, 0.3) is 0 Å². The molecule has 0 radical (unpaired) electrons. The highest BCUT2D eigenvalue weighted by molar-refractivity contribution is 6.21. The van der Waals surface area contributed by atoms with Crippen LogP contribution in [0.1, 0.15) is 52.4 Å². The Labute approximate surface area is 99.2 Å². The molecule has 0 aromatic heterocycles. The Morgan fingerprint density at radius 2 is 1.93 bits per heavy atom. The second-order valence-electron chi connectivity index (χ2n) is 5.89. The molecule has 0 aromatic rings. The van der Waals surface area contributed by atoms with Crippen LogP contribution < -0.4 is 0 Å². The lowest BCUT2D eigenvalue weighted by Crippen LogP contribution is -2.48. The van der Waals surface area contributed by atoms with Gasteiger partial charge in [-0.15, -0.1) is 11.6 Å². The van der Waals surface area contributed by atoms with Crippen molar-refractivity contribution in [2.75, 3.05) is 13.1 Å². The van der Waals surface area contributed by atoms with Crippen molar-refractivity contribution in [3.05, 3.63) is 0 Å². The lowest BCUT2D eigenvalue weighted by Gasteiger charge is -2.41. The third-order valence-electron chi connectivity index (χ3n) is 4.42. The SMILES string of the molecule is CC1C(Cl)CCCN1CC1(C)CCCC1. The minimum Gasteiger partial charge on any atom is -0.299 e. The summed E-state index contributed by atoms with van der Waals surface area (Å²) in [5.41, 5.74) is 0.586. The molecule has 0 amide bonds. The van der Waals surface area contributed by atoms with Crippen molar-refractivity contribution in [2.45, 2.75) is 63.8 Å². The lowest BCUT2D eigenvalue weighted by atomic mass is 9.86. The van der Waals surface area contributed by atoms with Crippen LogP contribution in [0.3, 0.4) is 0 Å². The van der Waals surface area contributed by atoms with Gasteiger partial charge in [0.1, 0.15) is 0 Å². The van der Waals surface area contributed by atoms with Crippen LogP contribution in [0.2, 0.25) is 0 Å². The van der Waals surface area contributed by atoms with E-state index in [1.807, 2.05) is 0 Å². The molecular formula is C13H24ClN. The highest BCUT2D eigenvalue weighted by Gasteiger charge is 2.34. The van der Waals surface area contributed by atoms with Crippen molar-refractivity contribution >= 4 is 11.6 Å². The fourth-order valence-corrected chi connectivity index (χ4v) is 3.58. The van der Waals surface area contributed by atoms with Crippen molar-refractivity contribution in [2.24, 2.45) is 5.41 Å². The van der Waals surface area contributed by atoms with Crippen LogP contribution in [0.4, 0.5) is 0 Å². The Morgan fingerprint density at radius 1 is 1.27 bits per heavy atom. The van der Waals surface area contributed by atoms with Gasteiger partial charge in [0.2, 0.25) is 0 Å². The normalized spacial score (nSPS) is 37.0. The summed E-state index contributed by atoms with van der Waals surface area (Å²) < 4.78 is 0. The zero-order valence-corrected chi connectivity index (χ0v) is 10.9. The van der Waals surface area contributed by atoms with E-state index in [4.69, 9.17) is 11.6 Å². The Bertz CT molecular complexity index is 211. The topological polar surface area (TPSA) is 3.24 Å². The largest absolute Gasteiger partial charge is 0.299 e. The van der Waals surface area contributed by atoms with Gasteiger partial charge in [-0.05, 0) is 44.6 Å².